The first-order valence-electron chi connectivity index (χ1n) is 7.99. The van der Waals surface area contributed by atoms with Gasteiger partial charge >= 0.3 is 6.09 Å². The molecular weight excluding hydrogens is 396 g/mol. The van der Waals surface area contributed by atoms with Gasteiger partial charge in [-0.05, 0) is 73.3 Å². The van der Waals surface area contributed by atoms with E-state index in [1.54, 1.807) is 9.42 Å². The molecule has 2 heterocycles. The summed E-state index contributed by atoms with van der Waals surface area (Å²) in [4.78, 5) is 18.9. The lowest BCUT2D eigenvalue weighted by Crippen LogP contribution is -2.43. The number of nitrogens with zero attached hydrogens (tertiary/aromatic N) is 4. The summed E-state index contributed by atoms with van der Waals surface area (Å²) in [5, 5.41) is 4.27. The molecule has 0 saturated heterocycles. The van der Waals surface area contributed by atoms with Gasteiger partial charge < -0.3 is 4.74 Å². The molecule has 0 radical (unpaired) electrons. The zero-order valence-corrected chi connectivity index (χ0v) is 16.3. The molecule has 1 amide bonds. The fraction of sp³-hybridized carbons (Fsp3) is 0.562. The molecule has 0 spiro atoms. The summed E-state index contributed by atoms with van der Waals surface area (Å²) in [6, 6.07) is 3.77. The number of aromatic nitrogens is 3. The highest BCUT2D eigenvalue weighted by atomic mass is 79.9. The third-order valence-electron chi connectivity index (χ3n) is 3.93. The molecule has 1 aliphatic carbocycles. The Morgan fingerprint density at radius 1 is 1.38 bits per heavy atom. The predicted molar refractivity (Wildman–Crippen MR) is 96.7 cm³/mol. The maximum absolute atomic E-state index is 12.9. The zero-order valence-electron chi connectivity index (χ0n) is 13.9. The first-order chi connectivity index (χ1) is 11.3. The Bertz CT molecular complexity index is 765. The minimum atomic E-state index is -0.580. The van der Waals surface area contributed by atoms with Gasteiger partial charge in [-0.15, -0.1) is 5.10 Å². The standard InChI is InChI=1S/C16H20BrClN4O2/c1-16(2,3)24-15(23)21(10-6-4-5-7-10)13-11-8-9-12(17)22(11)20-14(18)19-13/h8-10H,4-7H2,1-3H3. The average Bonchev–Trinajstić information content (AvgIpc) is 3.08. The Hall–Kier alpha value is -1.34. The van der Waals surface area contributed by atoms with Gasteiger partial charge in [-0.1, -0.05) is 12.8 Å². The number of amides is 1. The largest absolute Gasteiger partial charge is 0.443 e. The van der Waals surface area contributed by atoms with Gasteiger partial charge in [0.15, 0.2) is 5.82 Å². The molecule has 6 nitrogen and oxygen atoms in total. The SMILES string of the molecule is CC(C)(C)OC(=O)N(c1nc(Cl)nn2c(Br)ccc12)C1CCCC1. The first kappa shape index (κ1) is 17.5. The van der Waals surface area contributed by atoms with E-state index in [1.165, 1.54) is 0 Å². The highest BCUT2D eigenvalue weighted by Crippen LogP contribution is 2.33. The fourth-order valence-corrected chi connectivity index (χ4v) is 3.54. The van der Waals surface area contributed by atoms with Crippen molar-refractivity contribution in [1.29, 1.82) is 0 Å². The molecule has 0 aromatic carbocycles. The number of hydrogen-bond acceptors (Lipinski definition) is 4. The van der Waals surface area contributed by atoms with Crippen LogP contribution >= 0.6 is 27.5 Å². The van der Waals surface area contributed by atoms with E-state index in [4.69, 9.17) is 16.3 Å². The smallest absolute Gasteiger partial charge is 0.416 e. The quantitative estimate of drug-likeness (QED) is 0.705. The fourth-order valence-electron chi connectivity index (χ4n) is 2.98. The number of ether oxygens (including phenoxy) is 1. The monoisotopic (exact) mass is 414 g/mol. The van der Waals surface area contributed by atoms with Gasteiger partial charge in [0.1, 0.15) is 15.7 Å². The number of anilines is 1. The molecular formula is C16H20BrClN4O2. The van der Waals surface area contributed by atoms with Gasteiger partial charge in [-0.2, -0.15) is 4.98 Å². The Kier molecular flexibility index (Phi) is 4.75. The summed E-state index contributed by atoms with van der Waals surface area (Å²) in [6.07, 6.45) is 3.63. The van der Waals surface area contributed by atoms with Crippen LogP contribution in [0, 0.1) is 0 Å². The van der Waals surface area contributed by atoms with Gasteiger partial charge in [0, 0.05) is 6.04 Å². The van der Waals surface area contributed by atoms with Crippen LogP contribution in [0.5, 0.6) is 0 Å². The second-order valence-electron chi connectivity index (χ2n) is 6.95. The van der Waals surface area contributed by atoms with Crippen LogP contribution in [0.2, 0.25) is 5.28 Å². The van der Waals surface area contributed by atoms with Crippen molar-refractivity contribution in [2.75, 3.05) is 4.90 Å². The molecule has 1 saturated carbocycles. The summed E-state index contributed by atoms with van der Waals surface area (Å²) in [7, 11) is 0. The molecule has 0 N–H and O–H groups in total. The molecule has 2 aromatic rings. The van der Waals surface area contributed by atoms with Crippen molar-refractivity contribution in [2.24, 2.45) is 0 Å². The van der Waals surface area contributed by atoms with Crippen molar-refractivity contribution in [2.45, 2.75) is 58.1 Å². The van der Waals surface area contributed by atoms with E-state index in [1.807, 2.05) is 32.9 Å². The van der Waals surface area contributed by atoms with E-state index in [0.29, 0.717) is 11.3 Å². The van der Waals surface area contributed by atoms with Crippen molar-refractivity contribution in [3.63, 3.8) is 0 Å². The number of fused-ring (bicyclic) bond motifs is 1. The van der Waals surface area contributed by atoms with Gasteiger partial charge in [0.25, 0.3) is 0 Å². The second kappa shape index (κ2) is 6.52. The van der Waals surface area contributed by atoms with Crippen LogP contribution in [0.1, 0.15) is 46.5 Å². The molecule has 8 heteroatoms. The Morgan fingerprint density at radius 3 is 2.67 bits per heavy atom. The van der Waals surface area contributed by atoms with E-state index >= 15 is 0 Å². The van der Waals surface area contributed by atoms with Crippen molar-refractivity contribution in [3.05, 3.63) is 22.0 Å². The Labute approximate surface area is 154 Å². The number of carbonyl (C=O) groups is 1. The molecule has 130 valence electrons. The van der Waals surface area contributed by atoms with Crippen LogP contribution in [0.25, 0.3) is 5.52 Å². The third kappa shape index (κ3) is 3.52. The number of hydrogen-bond donors (Lipinski definition) is 0. The van der Waals surface area contributed by atoms with Gasteiger partial charge in [0.05, 0.1) is 0 Å². The van der Waals surface area contributed by atoms with Crippen molar-refractivity contribution in [3.8, 4) is 0 Å². The lowest BCUT2D eigenvalue weighted by molar-refractivity contribution is 0.0565. The van der Waals surface area contributed by atoms with Crippen LogP contribution < -0.4 is 4.90 Å². The summed E-state index contributed by atoms with van der Waals surface area (Å²) in [5.41, 5.74) is 0.132. The predicted octanol–water partition coefficient (Wildman–Crippen LogP) is 4.83. The summed E-state index contributed by atoms with van der Waals surface area (Å²) >= 11 is 9.53. The van der Waals surface area contributed by atoms with E-state index < -0.39 is 11.7 Å². The molecule has 0 bridgehead atoms. The topological polar surface area (TPSA) is 59.7 Å². The van der Waals surface area contributed by atoms with Gasteiger partial charge in [0.2, 0.25) is 5.28 Å². The Morgan fingerprint density at radius 2 is 2.04 bits per heavy atom. The number of halogens is 2. The maximum atomic E-state index is 12.9. The van der Waals surface area contributed by atoms with Crippen LogP contribution in [0.3, 0.4) is 0 Å². The van der Waals surface area contributed by atoms with Crippen molar-refractivity contribution < 1.29 is 9.53 Å². The molecule has 0 aliphatic heterocycles. The number of rotatable bonds is 2. The van der Waals surface area contributed by atoms with Crippen LogP contribution in [0.15, 0.2) is 16.7 Å². The maximum Gasteiger partial charge on any atom is 0.416 e. The molecule has 0 atom stereocenters. The van der Waals surface area contributed by atoms with Crippen LogP contribution in [-0.4, -0.2) is 32.3 Å². The molecule has 1 fully saturated rings. The normalized spacial score (nSPS) is 15.9. The van der Waals surface area contributed by atoms with Crippen molar-refractivity contribution >= 4 is 45.0 Å². The number of carbonyl (C=O) groups excluding carboxylic acids is 1. The molecule has 24 heavy (non-hydrogen) atoms. The molecule has 3 rings (SSSR count). The van der Waals surface area contributed by atoms with E-state index in [0.717, 1.165) is 30.3 Å². The first-order valence-corrected chi connectivity index (χ1v) is 9.16. The molecule has 1 aliphatic rings. The molecule has 0 unspecified atom stereocenters. The van der Waals surface area contributed by atoms with Gasteiger partial charge in [-0.25, -0.2) is 9.31 Å². The second-order valence-corrected chi connectivity index (χ2v) is 8.10. The summed E-state index contributed by atoms with van der Waals surface area (Å²) in [6.45, 7) is 5.57. The highest BCUT2D eigenvalue weighted by molar-refractivity contribution is 9.10. The van der Waals surface area contributed by atoms with Gasteiger partial charge in [-0.3, -0.25) is 4.90 Å². The summed E-state index contributed by atoms with van der Waals surface area (Å²) in [5.74, 6) is 0.488. The molecule has 2 aromatic heterocycles. The summed E-state index contributed by atoms with van der Waals surface area (Å²) < 4.78 is 8.01. The van der Waals surface area contributed by atoms with E-state index in [-0.39, 0.29) is 11.3 Å². The van der Waals surface area contributed by atoms with Crippen molar-refractivity contribution in [1.82, 2.24) is 14.6 Å². The lowest BCUT2D eigenvalue weighted by Gasteiger charge is -2.31. The van der Waals surface area contributed by atoms with Crippen LogP contribution in [0.4, 0.5) is 10.6 Å². The Balaban J connectivity index is 2.10. The van der Waals surface area contributed by atoms with Crippen LogP contribution in [-0.2, 0) is 4.74 Å². The lowest BCUT2D eigenvalue weighted by atomic mass is 10.2. The highest BCUT2D eigenvalue weighted by Gasteiger charge is 2.34. The van der Waals surface area contributed by atoms with E-state index in [2.05, 4.69) is 26.0 Å². The third-order valence-corrected chi connectivity index (χ3v) is 4.69. The minimum Gasteiger partial charge on any atom is -0.443 e. The average molecular weight is 416 g/mol. The zero-order chi connectivity index (χ0) is 17.5. The van der Waals surface area contributed by atoms with E-state index in [9.17, 15) is 4.79 Å². The minimum absolute atomic E-state index is 0.0586.